The number of phenols is 1. The molecule has 0 aliphatic rings. The Labute approximate surface area is 105 Å². The van der Waals surface area contributed by atoms with E-state index in [1.165, 1.54) is 7.11 Å². The predicted molar refractivity (Wildman–Crippen MR) is 65.1 cm³/mol. The van der Waals surface area contributed by atoms with Gasteiger partial charge in [0, 0.05) is 0 Å². The SMILES string of the molecule is CCOC(=O)C(=O)c1c(C)c(C)cc(OC)c1O. The summed E-state index contributed by atoms with van der Waals surface area (Å²) in [5, 5.41) is 9.93. The zero-order valence-electron chi connectivity index (χ0n) is 10.9. The van der Waals surface area contributed by atoms with Gasteiger partial charge in [0.2, 0.25) is 0 Å². The summed E-state index contributed by atoms with van der Waals surface area (Å²) in [7, 11) is 1.38. The van der Waals surface area contributed by atoms with Crippen molar-refractivity contribution in [3.05, 3.63) is 22.8 Å². The van der Waals surface area contributed by atoms with Crippen molar-refractivity contribution in [1.29, 1.82) is 0 Å². The number of esters is 1. The van der Waals surface area contributed by atoms with Crippen LogP contribution in [0, 0.1) is 13.8 Å². The zero-order valence-corrected chi connectivity index (χ0v) is 10.9. The Bertz CT molecular complexity index is 491. The molecule has 5 heteroatoms. The lowest BCUT2D eigenvalue weighted by atomic mass is 9.98. The van der Waals surface area contributed by atoms with Crippen molar-refractivity contribution in [2.24, 2.45) is 0 Å². The molecule has 0 aromatic heterocycles. The summed E-state index contributed by atoms with van der Waals surface area (Å²) in [6.07, 6.45) is 0. The highest BCUT2D eigenvalue weighted by atomic mass is 16.5. The Hall–Kier alpha value is -2.04. The molecule has 0 aliphatic heterocycles. The molecule has 5 nitrogen and oxygen atoms in total. The van der Waals surface area contributed by atoms with Crippen LogP contribution in [0.4, 0.5) is 0 Å². The van der Waals surface area contributed by atoms with Crippen molar-refractivity contribution < 1.29 is 24.2 Å². The average molecular weight is 252 g/mol. The quantitative estimate of drug-likeness (QED) is 0.502. The summed E-state index contributed by atoms with van der Waals surface area (Å²) >= 11 is 0. The van der Waals surface area contributed by atoms with E-state index in [0.717, 1.165) is 5.56 Å². The number of phenolic OH excluding ortho intramolecular Hbond substituents is 1. The van der Waals surface area contributed by atoms with Gasteiger partial charge in [-0.2, -0.15) is 0 Å². The summed E-state index contributed by atoms with van der Waals surface area (Å²) in [6, 6.07) is 1.60. The first-order valence-corrected chi connectivity index (χ1v) is 5.52. The van der Waals surface area contributed by atoms with Gasteiger partial charge < -0.3 is 14.6 Å². The van der Waals surface area contributed by atoms with Gasteiger partial charge in [-0.05, 0) is 38.0 Å². The van der Waals surface area contributed by atoms with E-state index in [1.54, 1.807) is 26.8 Å². The molecule has 0 unspecified atom stereocenters. The number of hydrogen-bond donors (Lipinski definition) is 1. The molecule has 0 aliphatic carbocycles. The van der Waals surface area contributed by atoms with Crippen LogP contribution in [0.1, 0.15) is 28.4 Å². The summed E-state index contributed by atoms with van der Waals surface area (Å²) in [5.41, 5.74) is 1.22. The molecule has 1 N–H and O–H groups in total. The number of rotatable bonds is 4. The third-order valence-electron chi connectivity index (χ3n) is 2.69. The molecule has 0 heterocycles. The van der Waals surface area contributed by atoms with Crippen molar-refractivity contribution in [2.75, 3.05) is 13.7 Å². The number of ketones is 1. The second-order valence-corrected chi connectivity index (χ2v) is 3.79. The van der Waals surface area contributed by atoms with Crippen LogP contribution in [-0.4, -0.2) is 30.6 Å². The number of Topliss-reactive ketones (excluding diaryl/α,β-unsaturated/α-hetero) is 1. The van der Waals surface area contributed by atoms with E-state index >= 15 is 0 Å². The Morgan fingerprint density at radius 1 is 1.33 bits per heavy atom. The topological polar surface area (TPSA) is 72.8 Å². The number of hydrogen-bond acceptors (Lipinski definition) is 5. The van der Waals surface area contributed by atoms with E-state index in [-0.39, 0.29) is 23.7 Å². The Balaban J connectivity index is 3.35. The second-order valence-electron chi connectivity index (χ2n) is 3.79. The third-order valence-corrected chi connectivity index (χ3v) is 2.69. The molecule has 0 radical (unpaired) electrons. The van der Waals surface area contributed by atoms with Crippen molar-refractivity contribution >= 4 is 11.8 Å². The molecule has 0 fully saturated rings. The highest BCUT2D eigenvalue weighted by molar-refractivity contribution is 6.41. The van der Waals surface area contributed by atoms with E-state index in [9.17, 15) is 14.7 Å². The van der Waals surface area contributed by atoms with Gasteiger partial charge in [0.1, 0.15) is 0 Å². The lowest BCUT2D eigenvalue weighted by Crippen LogP contribution is -2.19. The highest BCUT2D eigenvalue weighted by Gasteiger charge is 2.26. The molecule has 1 rings (SSSR count). The van der Waals surface area contributed by atoms with Gasteiger partial charge in [-0.25, -0.2) is 4.79 Å². The fourth-order valence-corrected chi connectivity index (χ4v) is 1.60. The number of aromatic hydroxyl groups is 1. The first-order valence-electron chi connectivity index (χ1n) is 5.52. The number of aryl methyl sites for hydroxylation is 1. The van der Waals surface area contributed by atoms with Gasteiger partial charge in [-0.15, -0.1) is 0 Å². The first kappa shape index (κ1) is 14.0. The zero-order chi connectivity index (χ0) is 13.9. The molecule has 0 saturated heterocycles. The number of methoxy groups -OCH3 is 1. The summed E-state index contributed by atoms with van der Waals surface area (Å²) in [4.78, 5) is 23.3. The van der Waals surface area contributed by atoms with Crippen molar-refractivity contribution in [2.45, 2.75) is 20.8 Å². The average Bonchev–Trinajstić information content (AvgIpc) is 2.34. The summed E-state index contributed by atoms with van der Waals surface area (Å²) < 4.78 is 9.60. The van der Waals surface area contributed by atoms with Gasteiger partial charge in [-0.3, -0.25) is 4.79 Å². The van der Waals surface area contributed by atoms with Gasteiger partial charge in [-0.1, -0.05) is 0 Å². The minimum Gasteiger partial charge on any atom is -0.504 e. The maximum absolute atomic E-state index is 11.9. The number of benzene rings is 1. The van der Waals surface area contributed by atoms with Gasteiger partial charge in [0.25, 0.3) is 5.78 Å². The lowest BCUT2D eigenvalue weighted by molar-refractivity contribution is -0.137. The molecule has 98 valence electrons. The third kappa shape index (κ3) is 2.45. The van der Waals surface area contributed by atoms with E-state index in [2.05, 4.69) is 4.74 Å². The summed E-state index contributed by atoms with van der Waals surface area (Å²) in [5.74, 6) is -2.03. The van der Waals surface area contributed by atoms with E-state index in [4.69, 9.17) is 4.74 Å². The van der Waals surface area contributed by atoms with Crippen LogP contribution in [0.2, 0.25) is 0 Å². The molecule has 1 aromatic rings. The van der Waals surface area contributed by atoms with Crippen molar-refractivity contribution in [3.8, 4) is 11.5 Å². The molecule has 0 spiro atoms. The van der Waals surface area contributed by atoms with Crippen LogP contribution in [-0.2, 0) is 9.53 Å². The van der Waals surface area contributed by atoms with Gasteiger partial charge in [0.05, 0.1) is 19.3 Å². The van der Waals surface area contributed by atoms with E-state index in [1.807, 2.05) is 0 Å². The lowest BCUT2D eigenvalue weighted by Gasteiger charge is -2.13. The molecule has 18 heavy (non-hydrogen) atoms. The fourth-order valence-electron chi connectivity index (χ4n) is 1.60. The molecule has 1 aromatic carbocycles. The molecule has 0 atom stereocenters. The Morgan fingerprint density at radius 3 is 2.44 bits per heavy atom. The highest BCUT2D eigenvalue weighted by Crippen LogP contribution is 2.34. The van der Waals surface area contributed by atoms with Gasteiger partial charge in [0.15, 0.2) is 11.5 Å². The fraction of sp³-hybridized carbons (Fsp3) is 0.385. The molecular formula is C13H16O5. The van der Waals surface area contributed by atoms with Crippen LogP contribution in [0.3, 0.4) is 0 Å². The van der Waals surface area contributed by atoms with Crippen molar-refractivity contribution in [1.82, 2.24) is 0 Å². The van der Waals surface area contributed by atoms with Crippen LogP contribution < -0.4 is 4.74 Å². The number of ether oxygens (including phenoxy) is 2. The molecular weight excluding hydrogens is 236 g/mol. The maximum Gasteiger partial charge on any atom is 0.379 e. The minimum absolute atomic E-state index is 0.0645. The summed E-state index contributed by atoms with van der Waals surface area (Å²) in [6.45, 7) is 5.13. The van der Waals surface area contributed by atoms with Crippen molar-refractivity contribution in [3.63, 3.8) is 0 Å². The maximum atomic E-state index is 11.9. The Kier molecular flexibility index (Phi) is 4.31. The van der Waals surface area contributed by atoms with E-state index < -0.39 is 11.8 Å². The Morgan fingerprint density at radius 2 is 1.94 bits per heavy atom. The molecule has 0 amide bonds. The first-order chi connectivity index (χ1) is 8.43. The number of carbonyl (C=O) groups is 2. The van der Waals surface area contributed by atoms with Crippen LogP contribution in [0.25, 0.3) is 0 Å². The standard InChI is InChI=1S/C13H16O5/c1-5-18-13(16)12(15)10-8(3)7(2)6-9(17-4)11(10)14/h6,14H,5H2,1-4H3. The van der Waals surface area contributed by atoms with Crippen LogP contribution in [0.5, 0.6) is 11.5 Å². The smallest absolute Gasteiger partial charge is 0.379 e. The van der Waals surface area contributed by atoms with Crippen LogP contribution >= 0.6 is 0 Å². The minimum atomic E-state index is -0.983. The largest absolute Gasteiger partial charge is 0.504 e. The van der Waals surface area contributed by atoms with Gasteiger partial charge >= 0.3 is 5.97 Å². The number of carbonyl (C=O) groups excluding carboxylic acids is 2. The van der Waals surface area contributed by atoms with Crippen LogP contribution in [0.15, 0.2) is 6.07 Å². The monoisotopic (exact) mass is 252 g/mol. The molecule has 0 bridgehead atoms. The second kappa shape index (κ2) is 5.53. The normalized spacial score (nSPS) is 10.0. The molecule has 0 saturated carbocycles. The predicted octanol–water partition coefficient (Wildman–Crippen LogP) is 1.76. The van der Waals surface area contributed by atoms with E-state index in [0.29, 0.717) is 5.56 Å².